The number of aromatic nitrogens is 1. The number of carbonyl (C=O) groups excluding carboxylic acids is 1. The minimum atomic E-state index is 0.0887. The first-order valence-corrected chi connectivity index (χ1v) is 6.85. The lowest BCUT2D eigenvalue weighted by molar-refractivity contribution is -0.121. The maximum Gasteiger partial charge on any atom is 0.220 e. The van der Waals surface area contributed by atoms with E-state index < -0.39 is 0 Å². The smallest absolute Gasteiger partial charge is 0.220 e. The van der Waals surface area contributed by atoms with Crippen molar-refractivity contribution in [1.82, 2.24) is 15.6 Å². The third kappa shape index (κ3) is 6.91. The number of nitrogens with zero attached hydrogens (tertiary/aromatic N) is 1. The van der Waals surface area contributed by atoms with Crippen LogP contribution in [0.4, 0.5) is 0 Å². The van der Waals surface area contributed by atoms with Crippen LogP contribution in [0.3, 0.4) is 0 Å². The summed E-state index contributed by atoms with van der Waals surface area (Å²) in [5, 5.41) is 6.13. The molecule has 0 aliphatic carbocycles. The second kappa shape index (κ2) is 7.89. The molecule has 0 aliphatic heterocycles. The van der Waals surface area contributed by atoms with Gasteiger partial charge < -0.3 is 10.6 Å². The summed E-state index contributed by atoms with van der Waals surface area (Å²) in [7, 11) is 1.93. The van der Waals surface area contributed by atoms with Gasteiger partial charge in [0.05, 0.1) is 0 Å². The van der Waals surface area contributed by atoms with E-state index in [4.69, 9.17) is 0 Å². The maximum atomic E-state index is 11.7. The van der Waals surface area contributed by atoms with E-state index in [-0.39, 0.29) is 11.3 Å². The van der Waals surface area contributed by atoms with Crippen molar-refractivity contribution >= 4 is 5.91 Å². The van der Waals surface area contributed by atoms with Crippen LogP contribution in [0, 0.1) is 5.41 Å². The van der Waals surface area contributed by atoms with Gasteiger partial charge in [0.15, 0.2) is 0 Å². The van der Waals surface area contributed by atoms with Crippen molar-refractivity contribution in [2.75, 3.05) is 20.1 Å². The highest BCUT2D eigenvalue weighted by molar-refractivity contribution is 5.75. The van der Waals surface area contributed by atoms with Crippen molar-refractivity contribution < 1.29 is 4.79 Å². The van der Waals surface area contributed by atoms with Crippen LogP contribution < -0.4 is 10.6 Å². The Morgan fingerprint density at radius 2 is 2.11 bits per heavy atom. The summed E-state index contributed by atoms with van der Waals surface area (Å²) < 4.78 is 0. The predicted molar refractivity (Wildman–Crippen MR) is 77.9 cm³/mol. The third-order valence-electron chi connectivity index (χ3n) is 2.98. The van der Waals surface area contributed by atoms with Crippen LogP contribution in [0.2, 0.25) is 0 Å². The van der Waals surface area contributed by atoms with Gasteiger partial charge in [0.2, 0.25) is 5.91 Å². The van der Waals surface area contributed by atoms with Gasteiger partial charge in [-0.05, 0) is 37.4 Å². The highest BCUT2D eigenvalue weighted by atomic mass is 16.1. The molecule has 0 radical (unpaired) electrons. The average Bonchev–Trinajstić information content (AvgIpc) is 2.38. The number of hydrogen-bond acceptors (Lipinski definition) is 3. The van der Waals surface area contributed by atoms with Gasteiger partial charge in [-0.15, -0.1) is 0 Å². The quantitative estimate of drug-likeness (QED) is 0.751. The fourth-order valence-corrected chi connectivity index (χ4v) is 1.94. The summed E-state index contributed by atoms with van der Waals surface area (Å²) >= 11 is 0. The number of amides is 1. The first-order chi connectivity index (χ1) is 9.03. The van der Waals surface area contributed by atoms with Crippen molar-refractivity contribution in [3.8, 4) is 0 Å². The van der Waals surface area contributed by atoms with Gasteiger partial charge in [-0.2, -0.15) is 0 Å². The highest BCUT2D eigenvalue weighted by Crippen LogP contribution is 2.11. The van der Waals surface area contributed by atoms with Crippen molar-refractivity contribution in [3.63, 3.8) is 0 Å². The maximum absolute atomic E-state index is 11.7. The zero-order valence-corrected chi connectivity index (χ0v) is 12.2. The largest absolute Gasteiger partial charge is 0.356 e. The van der Waals surface area contributed by atoms with E-state index in [1.807, 2.05) is 25.2 Å². The molecule has 2 N–H and O–H groups in total. The van der Waals surface area contributed by atoms with Gasteiger partial charge in [-0.25, -0.2) is 0 Å². The lowest BCUT2D eigenvalue weighted by Crippen LogP contribution is -2.39. The van der Waals surface area contributed by atoms with Crippen molar-refractivity contribution in [1.29, 1.82) is 0 Å². The minimum absolute atomic E-state index is 0.0887. The van der Waals surface area contributed by atoms with Crippen LogP contribution in [-0.4, -0.2) is 31.0 Å². The molecule has 4 nitrogen and oxygen atoms in total. The van der Waals surface area contributed by atoms with Crippen LogP contribution in [0.5, 0.6) is 0 Å². The molecule has 0 fully saturated rings. The zero-order chi connectivity index (χ0) is 14.1. The molecule has 0 aliphatic rings. The normalized spacial score (nSPS) is 11.3. The molecule has 1 rings (SSSR count). The molecule has 0 spiro atoms. The molecule has 0 saturated heterocycles. The van der Waals surface area contributed by atoms with Gasteiger partial charge in [0.1, 0.15) is 0 Å². The molecule has 0 saturated carbocycles. The van der Waals surface area contributed by atoms with E-state index in [0.717, 1.165) is 25.1 Å². The van der Waals surface area contributed by atoms with Crippen LogP contribution in [-0.2, 0) is 11.2 Å². The molecule has 0 aromatic carbocycles. The van der Waals surface area contributed by atoms with Crippen LogP contribution in [0.15, 0.2) is 24.4 Å². The van der Waals surface area contributed by atoms with E-state index in [2.05, 4.69) is 29.5 Å². The summed E-state index contributed by atoms with van der Waals surface area (Å²) in [6, 6.07) is 5.87. The highest BCUT2D eigenvalue weighted by Gasteiger charge is 2.17. The van der Waals surface area contributed by atoms with Crippen LogP contribution >= 0.6 is 0 Å². The molecular weight excluding hydrogens is 238 g/mol. The molecule has 1 aromatic heterocycles. The minimum Gasteiger partial charge on any atom is -0.356 e. The molecule has 19 heavy (non-hydrogen) atoms. The number of nitrogens with one attached hydrogen (secondary N) is 2. The van der Waals surface area contributed by atoms with Crippen molar-refractivity contribution in [3.05, 3.63) is 30.1 Å². The second-order valence-electron chi connectivity index (χ2n) is 5.65. The molecule has 0 bridgehead atoms. The SMILES string of the molecule is CNCC(C)(C)CNC(=O)CCCc1ccccn1. The van der Waals surface area contributed by atoms with Gasteiger partial charge in [-0.3, -0.25) is 9.78 Å². The van der Waals surface area contributed by atoms with Crippen molar-refractivity contribution in [2.45, 2.75) is 33.1 Å². The van der Waals surface area contributed by atoms with E-state index in [1.54, 1.807) is 6.20 Å². The van der Waals surface area contributed by atoms with E-state index >= 15 is 0 Å². The summed E-state index contributed by atoms with van der Waals surface area (Å²) in [6.45, 7) is 5.87. The summed E-state index contributed by atoms with van der Waals surface area (Å²) in [5.41, 5.74) is 1.14. The monoisotopic (exact) mass is 263 g/mol. The van der Waals surface area contributed by atoms with E-state index in [0.29, 0.717) is 13.0 Å². The zero-order valence-electron chi connectivity index (χ0n) is 12.2. The molecular formula is C15H25N3O. The standard InChI is InChI=1S/C15H25N3O/c1-15(2,11-16-3)12-18-14(19)9-6-8-13-7-4-5-10-17-13/h4-5,7,10,16H,6,8-9,11-12H2,1-3H3,(H,18,19). The topological polar surface area (TPSA) is 54.0 Å². The molecule has 0 atom stereocenters. The lowest BCUT2D eigenvalue weighted by atomic mass is 9.93. The molecule has 4 heteroatoms. The first kappa shape index (κ1) is 15.6. The number of rotatable bonds is 8. The average molecular weight is 263 g/mol. The third-order valence-corrected chi connectivity index (χ3v) is 2.98. The Kier molecular flexibility index (Phi) is 6.50. The van der Waals surface area contributed by atoms with E-state index in [1.165, 1.54) is 0 Å². The molecule has 0 unspecified atom stereocenters. The van der Waals surface area contributed by atoms with Crippen LogP contribution in [0.25, 0.3) is 0 Å². The molecule has 1 amide bonds. The molecule has 1 heterocycles. The lowest BCUT2D eigenvalue weighted by Gasteiger charge is -2.24. The Morgan fingerprint density at radius 1 is 1.32 bits per heavy atom. The second-order valence-corrected chi connectivity index (χ2v) is 5.65. The Bertz CT molecular complexity index is 376. The summed E-state index contributed by atoms with van der Waals surface area (Å²) in [4.78, 5) is 16.0. The Hall–Kier alpha value is -1.42. The fraction of sp³-hybridized carbons (Fsp3) is 0.600. The van der Waals surface area contributed by atoms with Gasteiger partial charge in [-0.1, -0.05) is 19.9 Å². The summed E-state index contributed by atoms with van der Waals surface area (Å²) in [5.74, 6) is 0.125. The van der Waals surface area contributed by atoms with Gasteiger partial charge >= 0.3 is 0 Å². The Labute approximate surface area is 116 Å². The van der Waals surface area contributed by atoms with E-state index in [9.17, 15) is 4.79 Å². The van der Waals surface area contributed by atoms with Crippen molar-refractivity contribution in [2.24, 2.45) is 5.41 Å². The Morgan fingerprint density at radius 3 is 2.74 bits per heavy atom. The molecule has 106 valence electrons. The first-order valence-electron chi connectivity index (χ1n) is 6.85. The van der Waals surface area contributed by atoms with Crippen LogP contribution in [0.1, 0.15) is 32.4 Å². The number of carbonyl (C=O) groups is 1. The predicted octanol–water partition coefficient (Wildman–Crippen LogP) is 1.77. The summed E-state index contributed by atoms with van der Waals surface area (Å²) in [6.07, 6.45) is 4.05. The van der Waals surface area contributed by atoms with Gasteiger partial charge in [0.25, 0.3) is 0 Å². The Balaban J connectivity index is 2.18. The van der Waals surface area contributed by atoms with Gasteiger partial charge in [0, 0.05) is 31.4 Å². The fourth-order valence-electron chi connectivity index (χ4n) is 1.94. The number of aryl methyl sites for hydroxylation is 1. The molecule has 1 aromatic rings. The number of hydrogen-bond donors (Lipinski definition) is 2. The number of pyridine rings is 1.